The fourth-order valence-corrected chi connectivity index (χ4v) is 5.00. The molecular formula is C30H36N6O4. The standard InChI is InChI=1S/C30H36N6O4/c1-30(2,3)24-14-20(12-13-36(24)29(39)40)17-34-28(38)25-26(31)32-18-23(35-25)21-10-7-11-22(15-21)27(37)33-16-19-8-5-4-6-9-19/h4-11,15,18,20,24H,12-14,16-17H2,1-3H3,(H2,31,32)(H,33,37)(H,34,38)(H,39,40). The summed E-state index contributed by atoms with van der Waals surface area (Å²) in [5, 5.41) is 15.4. The van der Waals surface area contributed by atoms with Gasteiger partial charge in [-0.3, -0.25) is 9.59 Å². The third kappa shape index (κ3) is 6.93. The first kappa shape index (κ1) is 28.5. The van der Waals surface area contributed by atoms with Gasteiger partial charge in [0.05, 0.1) is 11.9 Å². The van der Waals surface area contributed by atoms with Crippen molar-refractivity contribution in [3.05, 3.63) is 77.6 Å². The average Bonchev–Trinajstić information content (AvgIpc) is 2.94. The van der Waals surface area contributed by atoms with Gasteiger partial charge in [-0.05, 0) is 41.9 Å². The number of hydrogen-bond acceptors (Lipinski definition) is 6. The molecule has 4 rings (SSSR count). The minimum Gasteiger partial charge on any atom is -0.465 e. The summed E-state index contributed by atoms with van der Waals surface area (Å²) in [5.41, 5.74) is 8.29. The lowest BCUT2D eigenvalue weighted by Crippen LogP contribution is -2.52. The number of hydrogen-bond donors (Lipinski definition) is 4. The molecule has 1 saturated heterocycles. The molecule has 0 radical (unpaired) electrons. The second kappa shape index (κ2) is 12.1. The average molecular weight is 545 g/mol. The van der Waals surface area contributed by atoms with Crippen molar-refractivity contribution in [1.29, 1.82) is 0 Å². The summed E-state index contributed by atoms with van der Waals surface area (Å²) >= 11 is 0. The maximum absolute atomic E-state index is 13.1. The number of carboxylic acid groups (broad SMARTS) is 1. The van der Waals surface area contributed by atoms with E-state index in [-0.39, 0.29) is 34.8 Å². The molecule has 2 heterocycles. The van der Waals surface area contributed by atoms with Crippen LogP contribution in [0.1, 0.15) is 60.0 Å². The minimum absolute atomic E-state index is 0.00581. The molecule has 2 aromatic carbocycles. The number of amides is 3. The van der Waals surface area contributed by atoms with E-state index >= 15 is 0 Å². The molecule has 210 valence electrons. The Kier molecular flexibility index (Phi) is 8.67. The Morgan fingerprint density at radius 2 is 1.80 bits per heavy atom. The number of nitrogens with one attached hydrogen (secondary N) is 2. The van der Waals surface area contributed by atoms with Crippen LogP contribution in [0.2, 0.25) is 0 Å². The quantitative estimate of drug-likeness (QED) is 0.348. The van der Waals surface area contributed by atoms with Crippen LogP contribution in [0.15, 0.2) is 60.8 Å². The highest BCUT2D eigenvalue weighted by molar-refractivity contribution is 5.97. The van der Waals surface area contributed by atoms with Crippen molar-refractivity contribution in [3.8, 4) is 11.3 Å². The molecule has 0 bridgehead atoms. The van der Waals surface area contributed by atoms with E-state index in [0.29, 0.717) is 49.3 Å². The number of aromatic nitrogens is 2. The highest BCUT2D eigenvalue weighted by Gasteiger charge is 2.38. The molecule has 1 aliphatic heterocycles. The van der Waals surface area contributed by atoms with Crippen molar-refractivity contribution >= 4 is 23.7 Å². The Hall–Kier alpha value is -4.47. The number of benzene rings is 2. The number of nitrogens with two attached hydrogens (primary N) is 1. The van der Waals surface area contributed by atoms with Crippen molar-refractivity contribution in [1.82, 2.24) is 25.5 Å². The van der Waals surface area contributed by atoms with Crippen LogP contribution in [0, 0.1) is 11.3 Å². The highest BCUT2D eigenvalue weighted by Crippen LogP contribution is 2.34. The zero-order valence-electron chi connectivity index (χ0n) is 23.1. The van der Waals surface area contributed by atoms with Gasteiger partial charge < -0.3 is 26.4 Å². The maximum atomic E-state index is 13.1. The van der Waals surface area contributed by atoms with Crippen molar-refractivity contribution in [2.75, 3.05) is 18.8 Å². The first-order chi connectivity index (χ1) is 19.0. The molecule has 10 heteroatoms. The number of nitrogens with zero attached hydrogens (tertiary/aromatic N) is 3. The molecule has 3 aromatic rings. The third-order valence-electron chi connectivity index (χ3n) is 7.24. The lowest BCUT2D eigenvalue weighted by atomic mass is 9.77. The molecular weight excluding hydrogens is 508 g/mol. The molecule has 0 saturated carbocycles. The lowest BCUT2D eigenvalue weighted by molar-refractivity contribution is 0.0402. The Labute approximate surface area is 234 Å². The molecule has 40 heavy (non-hydrogen) atoms. The Balaban J connectivity index is 1.42. The molecule has 3 amide bonds. The van der Waals surface area contributed by atoms with Crippen LogP contribution >= 0.6 is 0 Å². The van der Waals surface area contributed by atoms with Crippen LogP contribution < -0.4 is 16.4 Å². The molecule has 5 N–H and O–H groups in total. The molecule has 0 spiro atoms. The van der Waals surface area contributed by atoms with Gasteiger partial charge >= 0.3 is 6.09 Å². The van der Waals surface area contributed by atoms with Crippen molar-refractivity contribution in [2.24, 2.45) is 11.3 Å². The van der Waals surface area contributed by atoms with Gasteiger partial charge in [0.2, 0.25) is 0 Å². The number of carbonyl (C=O) groups excluding carboxylic acids is 2. The summed E-state index contributed by atoms with van der Waals surface area (Å²) in [6.45, 7) is 7.28. The summed E-state index contributed by atoms with van der Waals surface area (Å²) in [5.74, 6) is -0.551. The van der Waals surface area contributed by atoms with E-state index in [1.165, 1.54) is 11.1 Å². The van der Waals surface area contributed by atoms with Gasteiger partial charge in [-0.1, -0.05) is 63.2 Å². The summed E-state index contributed by atoms with van der Waals surface area (Å²) in [7, 11) is 0. The molecule has 2 atom stereocenters. The predicted molar refractivity (Wildman–Crippen MR) is 153 cm³/mol. The Morgan fingerprint density at radius 3 is 2.50 bits per heavy atom. The van der Waals surface area contributed by atoms with Gasteiger partial charge in [0.1, 0.15) is 0 Å². The number of carbonyl (C=O) groups is 3. The van der Waals surface area contributed by atoms with Crippen LogP contribution in [0.25, 0.3) is 11.3 Å². The van der Waals surface area contributed by atoms with Gasteiger partial charge in [0, 0.05) is 36.8 Å². The lowest BCUT2D eigenvalue weighted by Gasteiger charge is -2.44. The number of piperidine rings is 1. The minimum atomic E-state index is -0.917. The van der Waals surface area contributed by atoms with Gasteiger partial charge in [-0.15, -0.1) is 0 Å². The maximum Gasteiger partial charge on any atom is 0.407 e. The van der Waals surface area contributed by atoms with Gasteiger partial charge in [-0.2, -0.15) is 0 Å². The third-order valence-corrected chi connectivity index (χ3v) is 7.24. The summed E-state index contributed by atoms with van der Waals surface area (Å²) < 4.78 is 0. The Bertz CT molecular complexity index is 1370. The van der Waals surface area contributed by atoms with Crippen LogP contribution in [-0.4, -0.2) is 57.0 Å². The molecule has 1 aliphatic rings. The second-order valence-electron chi connectivity index (χ2n) is 11.2. The van der Waals surface area contributed by atoms with E-state index in [4.69, 9.17) is 5.73 Å². The van der Waals surface area contributed by atoms with E-state index in [1.807, 2.05) is 51.1 Å². The molecule has 10 nitrogen and oxygen atoms in total. The van der Waals surface area contributed by atoms with Crippen LogP contribution in [0.4, 0.5) is 10.6 Å². The SMILES string of the molecule is CC(C)(C)C1CC(CNC(=O)c2nc(-c3cccc(C(=O)NCc4ccccc4)c3)cnc2N)CCN1C(=O)O. The topological polar surface area (TPSA) is 151 Å². The first-order valence-corrected chi connectivity index (χ1v) is 13.4. The van der Waals surface area contributed by atoms with Crippen molar-refractivity contribution < 1.29 is 19.5 Å². The van der Waals surface area contributed by atoms with E-state index < -0.39 is 12.0 Å². The number of rotatable bonds is 7. The zero-order chi connectivity index (χ0) is 28.9. The number of anilines is 1. The zero-order valence-corrected chi connectivity index (χ0v) is 23.1. The fraction of sp³-hybridized carbons (Fsp3) is 0.367. The molecule has 0 aliphatic carbocycles. The summed E-state index contributed by atoms with van der Waals surface area (Å²) in [4.78, 5) is 47.7. The van der Waals surface area contributed by atoms with E-state index in [9.17, 15) is 19.5 Å². The monoisotopic (exact) mass is 544 g/mol. The smallest absolute Gasteiger partial charge is 0.407 e. The Morgan fingerprint density at radius 1 is 1.05 bits per heavy atom. The van der Waals surface area contributed by atoms with Gasteiger partial charge in [-0.25, -0.2) is 14.8 Å². The highest BCUT2D eigenvalue weighted by atomic mass is 16.4. The van der Waals surface area contributed by atoms with Crippen molar-refractivity contribution in [3.63, 3.8) is 0 Å². The predicted octanol–water partition coefficient (Wildman–Crippen LogP) is 4.19. The molecule has 1 fully saturated rings. The largest absolute Gasteiger partial charge is 0.465 e. The van der Waals surface area contributed by atoms with Crippen LogP contribution in [-0.2, 0) is 6.54 Å². The fourth-order valence-electron chi connectivity index (χ4n) is 5.00. The van der Waals surface area contributed by atoms with Gasteiger partial charge in [0.25, 0.3) is 11.8 Å². The van der Waals surface area contributed by atoms with Crippen molar-refractivity contribution in [2.45, 2.75) is 46.2 Å². The summed E-state index contributed by atoms with van der Waals surface area (Å²) in [6.07, 6.45) is 1.86. The van der Waals surface area contributed by atoms with Gasteiger partial charge in [0.15, 0.2) is 11.5 Å². The number of likely N-dealkylation sites (tertiary alicyclic amines) is 1. The van der Waals surface area contributed by atoms with E-state index in [2.05, 4.69) is 20.6 Å². The molecule has 1 aromatic heterocycles. The van der Waals surface area contributed by atoms with E-state index in [0.717, 1.165) is 5.56 Å². The normalized spacial score (nSPS) is 17.2. The first-order valence-electron chi connectivity index (χ1n) is 13.4. The summed E-state index contributed by atoms with van der Waals surface area (Å²) in [6, 6.07) is 16.4. The number of nitrogen functional groups attached to an aromatic ring is 1. The van der Waals surface area contributed by atoms with Crippen LogP contribution in [0.5, 0.6) is 0 Å². The molecule has 2 unspecified atom stereocenters. The second-order valence-corrected chi connectivity index (χ2v) is 11.2. The van der Waals surface area contributed by atoms with Crippen LogP contribution in [0.3, 0.4) is 0 Å². The van der Waals surface area contributed by atoms with E-state index in [1.54, 1.807) is 24.3 Å².